The Balaban J connectivity index is 0.742. The van der Waals surface area contributed by atoms with Gasteiger partial charge >= 0.3 is 0 Å². The smallest absolute Gasteiger partial charge is 0.163 e. The number of hydrogen-bond acceptors (Lipinski definition) is 13. The normalized spacial score (nSPS) is 15.4. The Kier molecular flexibility index (Phi) is 15.0. The second-order valence-electron chi connectivity index (χ2n) is 16.3. The van der Waals surface area contributed by atoms with Gasteiger partial charge in [-0.2, -0.15) is 0 Å². The van der Waals surface area contributed by atoms with Crippen LogP contribution in [0, 0.1) is 41.5 Å². The number of carbonyl (C=O) groups excluding carboxylic acids is 2. The highest BCUT2D eigenvalue weighted by molar-refractivity contribution is 7.15. The summed E-state index contributed by atoms with van der Waals surface area (Å²) in [6.07, 6.45) is 2.32. The Labute approximate surface area is 396 Å². The van der Waals surface area contributed by atoms with Gasteiger partial charge in [-0.15, -0.1) is 43.1 Å². The van der Waals surface area contributed by atoms with E-state index in [-0.39, 0.29) is 24.4 Å². The van der Waals surface area contributed by atoms with E-state index in [4.69, 9.17) is 47.4 Å². The van der Waals surface area contributed by atoms with Crippen molar-refractivity contribution in [3.63, 3.8) is 0 Å². The number of ether oxygens (including phenoxy) is 3. The van der Waals surface area contributed by atoms with Crippen molar-refractivity contribution < 1.29 is 23.8 Å². The van der Waals surface area contributed by atoms with Gasteiger partial charge in [0.15, 0.2) is 11.6 Å². The Morgan fingerprint density at radius 1 is 0.554 bits per heavy atom. The minimum absolute atomic E-state index is 0.0845. The second kappa shape index (κ2) is 20.8. The Hall–Kier alpha value is -4.74. The topological polar surface area (TPSA) is 148 Å². The number of carbonyl (C=O) groups is 2. The highest BCUT2D eigenvalue weighted by Crippen LogP contribution is 2.41. The summed E-state index contributed by atoms with van der Waals surface area (Å²) >= 11 is 15.9. The lowest BCUT2D eigenvalue weighted by Crippen LogP contribution is -2.13. The summed E-state index contributed by atoms with van der Waals surface area (Å²) in [6, 6.07) is 14.4. The zero-order valence-corrected chi connectivity index (χ0v) is 40.6. The maximum Gasteiger partial charge on any atom is 0.163 e. The van der Waals surface area contributed by atoms with Crippen LogP contribution in [0.2, 0.25) is 10.0 Å². The molecule has 2 atom stereocenters. The summed E-state index contributed by atoms with van der Waals surface area (Å²) in [7, 11) is 0. The third kappa shape index (κ3) is 10.3. The number of hydrogen-bond donors (Lipinski definition) is 0. The predicted octanol–water partition coefficient (Wildman–Crippen LogP) is 10.1. The van der Waals surface area contributed by atoms with E-state index in [0.29, 0.717) is 87.0 Å². The molecular formula is C48H52Cl2N8O5S2. The minimum atomic E-state index is -0.487. The maximum absolute atomic E-state index is 13.4. The van der Waals surface area contributed by atoms with Gasteiger partial charge < -0.3 is 14.2 Å². The van der Waals surface area contributed by atoms with E-state index in [1.165, 1.54) is 9.75 Å². The lowest BCUT2D eigenvalue weighted by molar-refractivity contribution is -0.120. The van der Waals surface area contributed by atoms with Gasteiger partial charge in [-0.05, 0) is 89.8 Å². The number of halogens is 2. The van der Waals surface area contributed by atoms with Crippen LogP contribution in [-0.4, -0.2) is 92.2 Å². The van der Waals surface area contributed by atoms with Crippen LogP contribution in [0.1, 0.15) is 117 Å². The number of thiophene rings is 2. The van der Waals surface area contributed by atoms with Crippen molar-refractivity contribution in [2.75, 3.05) is 39.6 Å². The molecule has 2 aromatic carbocycles. The molecule has 0 saturated heterocycles. The molecule has 6 heterocycles. The molecule has 0 spiro atoms. The first kappa shape index (κ1) is 46.8. The Bertz CT molecular complexity index is 2570. The summed E-state index contributed by atoms with van der Waals surface area (Å²) in [4.78, 5) is 39.6. The first-order valence-corrected chi connectivity index (χ1v) is 24.3. The number of nitrogens with zero attached hydrogens (tertiary/aromatic N) is 8. The molecule has 6 aromatic rings. The minimum Gasteiger partial charge on any atom is -0.379 e. The molecule has 4 aromatic heterocycles. The SMILES string of the molecule is Cc1sc2c(c1C)C(c1ccc(Cl)cc1)=N[C@@H](CC(=O)CCCOCCOCCOCCCC(=O)C[C@@H]1N=C(c3ccc(Cl)cc3)c3c(sc(C)c3C)-n3c(C)nnc31)c1nnc(C)n1-2. The standard InChI is InChI=1S/C48H52Cl2N8O5S2/c1-27-29(3)64-47-41(27)43(33-11-15-35(49)16-12-33)51-39(45-55-53-31(5)57(45)47)25-37(59)9-7-19-61-21-23-63-24-22-62-20-8-10-38(60)26-40-46-56-54-32(6)58(46)48-42(28(2)30(4)65-48)44(52-40)34-13-17-36(50)18-14-34/h11-18,39-40H,7-10,19-26H2,1-6H3/t39-,40-/m0/s1. The first-order valence-electron chi connectivity index (χ1n) is 21.9. The highest BCUT2D eigenvalue weighted by atomic mass is 35.5. The van der Waals surface area contributed by atoms with E-state index in [1.54, 1.807) is 22.7 Å². The van der Waals surface area contributed by atoms with Crippen molar-refractivity contribution in [1.29, 1.82) is 0 Å². The zero-order valence-electron chi connectivity index (χ0n) is 37.5. The molecule has 0 N–H and O–H groups in total. The summed E-state index contributed by atoms with van der Waals surface area (Å²) in [5, 5.41) is 21.2. The molecule has 0 amide bonds. The van der Waals surface area contributed by atoms with E-state index in [1.807, 2.05) is 62.4 Å². The molecule has 65 heavy (non-hydrogen) atoms. The van der Waals surface area contributed by atoms with Crippen molar-refractivity contribution in [3.8, 4) is 10.0 Å². The Morgan fingerprint density at radius 2 is 0.923 bits per heavy atom. The molecule has 0 radical (unpaired) electrons. The van der Waals surface area contributed by atoms with Crippen LogP contribution in [0.4, 0.5) is 0 Å². The van der Waals surface area contributed by atoms with Crippen LogP contribution in [0.25, 0.3) is 10.0 Å². The largest absolute Gasteiger partial charge is 0.379 e. The number of aromatic nitrogens is 6. The van der Waals surface area contributed by atoms with E-state index in [2.05, 4.69) is 57.2 Å². The van der Waals surface area contributed by atoms with Crippen LogP contribution >= 0.6 is 45.9 Å². The van der Waals surface area contributed by atoms with Gasteiger partial charge in [-0.1, -0.05) is 47.5 Å². The molecular weight excluding hydrogens is 904 g/mol. The van der Waals surface area contributed by atoms with E-state index in [9.17, 15) is 9.59 Å². The second-order valence-corrected chi connectivity index (χ2v) is 19.6. The van der Waals surface area contributed by atoms with Crippen molar-refractivity contribution in [2.24, 2.45) is 9.98 Å². The number of benzene rings is 2. The first-order chi connectivity index (χ1) is 31.4. The summed E-state index contributed by atoms with van der Waals surface area (Å²) in [5.41, 5.74) is 7.91. The molecule has 0 unspecified atom stereocenters. The van der Waals surface area contributed by atoms with Gasteiger partial charge in [0, 0.05) is 81.0 Å². The monoisotopic (exact) mass is 954 g/mol. The van der Waals surface area contributed by atoms with Gasteiger partial charge in [-0.3, -0.25) is 28.7 Å². The average Bonchev–Trinajstić information content (AvgIpc) is 3.98. The van der Waals surface area contributed by atoms with E-state index >= 15 is 0 Å². The van der Waals surface area contributed by atoms with Crippen LogP contribution in [-0.2, 0) is 23.8 Å². The lowest BCUT2D eigenvalue weighted by Gasteiger charge is -2.13. The van der Waals surface area contributed by atoms with Crippen molar-refractivity contribution >= 4 is 68.9 Å². The van der Waals surface area contributed by atoms with Crippen molar-refractivity contribution in [1.82, 2.24) is 29.5 Å². The van der Waals surface area contributed by atoms with Crippen LogP contribution in [0.3, 0.4) is 0 Å². The molecule has 2 aliphatic heterocycles. The van der Waals surface area contributed by atoms with E-state index < -0.39 is 12.1 Å². The number of aryl methyl sites for hydroxylation is 4. The number of ketones is 2. The third-order valence-electron chi connectivity index (χ3n) is 11.8. The predicted molar refractivity (Wildman–Crippen MR) is 257 cm³/mol. The number of Topliss-reactive ketones (excluding diaryl/α,β-unsaturated/α-hetero) is 2. The van der Waals surface area contributed by atoms with Crippen LogP contribution in [0.5, 0.6) is 0 Å². The molecule has 0 fully saturated rings. The van der Waals surface area contributed by atoms with E-state index in [0.717, 1.165) is 66.5 Å². The summed E-state index contributed by atoms with van der Waals surface area (Å²) in [5.74, 6) is 3.03. The molecule has 13 nitrogen and oxygen atoms in total. The fourth-order valence-corrected chi connectivity index (χ4v) is 10.9. The maximum atomic E-state index is 13.4. The van der Waals surface area contributed by atoms with Crippen molar-refractivity contribution in [2.45, 2.75) is 92.2 Å². The number of fused-ring (bicyclic) bond motifs is 6. The van der Waals surface area contributed by atoms with Gasteiger partial charge in [0.2, 0.25) is 0 Å². The van der Waals surface area contributed by atoms with Gasteiger partial charge in [0.05, 0.1) is 37.9 Å². The zero-order chi connectivity index (χ0) is 45.8. The van der Waals surface area contributed by atoms with Crippen molar-refractivity contribution in [3.05, 3.63) is 125 Å². The molecule has 0 saturated carbocycles. The summed E-state index contributed by atoms with van der Waals surface area (Å²) in [6.45, 7) is 14.8. The Morgan fingerprint density at radius 3 is 1.31 bits per heavy atom. The molecule has 2 aliphatic rings. The molecule has 8 rings (SSSR count). The molecule has 0 bridgehead atoms. The van der Waals surface area contributed by atoms with Gasteiger partial charge in [-0.25, -0.2) is 0 Å². The fourth-order valence-electron chi connectivity index (χ4n) is 8.19. The number of aliphatic imine (C=N–C) groups is 2. The number of rotatable bonds is 20. The molecule has 17 heteroatoms. The lowest BCUT2D eigenvalue weighted by atomic mass is 9.99. The van der Waals surface area contributed by atoms with Gasteiger partial charge in [0.1, 0.15) is 45.3 Å². The third-order valence-corrected chi connectivity index (χ3v) is 14.7. The summed E-state index contributed by atoms with van der Waals surface area (Å²) < 4.78 is 21.4. The quantitative estimate of drug-likeness (QED) is 0.0682. The van der Waals surface area contributed by atoms with Crippen LogP contribution in [0.15, 0.2) is 58.5 Å². The molecule has 0 aliphatic carbocycles. The van der Waals surface area contributed by atoms with Crippen LogP contribution < -0.4 is 0 Å². The average molecular weight is 956 g/mol. The molecule has 340 valence electrons. The fraction of sp³-hybridized carbons (Fsp3) is 0.417. The highest BCUT2D eigenvalue weighted by Gasteiger charge is 2.34. The van der Waals surface area contributed by atoms with Gasteiger partial charge in [0.25, 0.3) is 0 Å².